The number of nitrogens with one attached hydrogen (secondary N) is 1. The molecule has 25 heavy (non-hydrogen) atoms. The third-order valence-electron chi connectivity index (χ3n) is 5.50. The van der Waals surface area contributed by atoms with Crippen molar-refractivity contribution in [1.29, 1.82) is 0 Å². The molecule has 1 aromatic carbocycles. The standard InChI is InChI=1S/C19H28N2O3S/c1-15-7-3-4-8-18(15)20-19(22)16-9-11-17(12-10-16)25(23,24)21-13-5-2-6-14-21/h9-12,15,18H,2-8,13-14H2,1H3,(H,20,22)/t15-,18-/m0/s1. The second-order valence-electron chi connectivity index (χ2n) is 7.33. The molecule has 1 heterocycles. The Morgan fingerprint density at radius 1 is 1.00 bits per heavy atom. The van der Waals surface area contributed by atoms with Crippen LogP contribution >= 0.6 is 0 Å². The van der Waals surface area contributed by atoms with Crippen LogP contribution in [-0.4, -0.2) is 37.8 Å². The second-order valence-corrected chi connectivity index (χ2v) is 9.27. The van der Waals surface area contributed by atoms with Crippen molar-refractivity contribution in [3.05, 3.63) is 29.8 Å². The van der Waals surface area contributed by atoms with E-state index in [0.717, 1.165) is 38.5 Å². The molecule has 2 atom stereocenters. The highest BCUT2D eigenvalue weighted by Gasteiger charge is 2.27. The number of nitrogens with zero attached hydrogens (tertiary/aromatic N) is 1. The maximum Gasteiger partial charge on any atom is 0.251 e. The fourth-order valence-electron chi connectivity index (χ4n) is 3.82. The van der Waals surface area contributed by atoms with Crippen molar-refractivity contribution in [3.63, 3.8) is 0 Å². The van der Waals surface area contributed by atoms with Gasteiger partial charge in [-0.3, -0.25) is 4.79 Å². The van der Waals surface area contributed by atoms with E-state index in [0.29, 0.717) is 24.6 Å². The minimum Gasteiger partial charge on any atom is -0.349 e. The summed E-state index contributed by atoms with van der Waals surface area (Å²) in [5.41, 5.74) is 0.523. The summed E-state index contributed by atoms with van der Waals surface area (Å²) in [7, 11) is -3.44. The summed E-state index contributed by atoms with van der Waals surface area (Å²) in [5.74, 6) is 0.386. The number of amides is 1. The molecule has 1 aliphatic heterocycles. The monoisotopic (exact) mass is 364 g/mol. The zero-order valence-electron chi connectivity index (χ0n) is 14.9. The molecule has 0 spiro atoms. The molecule has 1 amide bonds. The zero-order valence-corrected chi connectivity index (χ0v) is 15.7. The minimum atomic E-state index is -3.44. The Kier molecular flexibility index (Phi) is 5.79. The summed E-state index contributed by atoms with van der Waals surface area (Å²) in [6.45, 7) is 3.35. The van der Waals surface area contributed by atoms with E-state index in [1.165, 1.54) is 6.42 Å². The maximum absolute atomic E-state index is 12.7. The fraction of sp³-hybridized carbons (Fsp3) is 0.632. The number of hydrogen-bond donors (Lipinski definition) is 1. The average molecular weight is 365 g/mol. The van der Waals surface area contributed by atoms with Gasteiger partial charge in [-0.1, -0.05) is 26.2 Å². The number of hydrogen-bond acceptors (Lipinski definition) is 3. The van der Waals surface area contributed by atoms with Crippen molar-refractivity contribution in [2.45, 2.75) is 62.8 Å². The molecule has 1 aliphatic carbocycles. The normalized spacial score (nSPS) is 25.5. The summed E-state index contributed by atoms with van der Waals surface area (Å²) in [4.78, 5) is 12.7. The number of rotatable bonds is 4. The summed E-state index contributed by atoms with van der Waals surface area (Å²) in [5, 5.41) is 3.11. The molecule has 0 aromatic heterocycles. The third-order valence-corrected chi connectivity index (χ3v) is 7.41. The third kappa shape index (κ3) is 4.23. The number of piperidine rings is 1. The Bertz CT molecular complexity index is 694. The van der Waals surface area contributed by atoms with E-state index >= 15 is 0 Å². The van der Waals surface area contributed by atoms with Gasteiger partial charge in [-0.25, -0.2) is 8.42 Å². The fourth-order valence-corrected chi connectivity index (χ4v) is 5.33. The Morgan fingerprint density at radius 3 is 2.28 bits per heavy atom. The molecule has 5 nitrogen and oxygen atoms in total. The van der Waals surface area contributed by atoms with Crippen LogP contribution in [0.4, 0.5) is 0 Å². The van der Waals surface area contributed by atoms with Gasteiger partial charge in [0, 0.05) is 24.7 Å². The van der Waals surface area contributed by atoms with Gasteiger partial charge in [0.15, 0.2) is 0 Å². The van der Waals surface area contributed by atoms with E-state index in [2.05, 4.69) is 12.2 Å². The Balaban J connectivity index is 1.68. The molecule has 2 aliphatic rings. The lowest BCUT2D eigenvalue weighted by Gasteiger charge is -2.29. The molecule has 1 N–H and O–H groups in total. The van der Waals surface area contributed by atoms with Crippen molar-refractivity contribution in [2.24, 2.45) is 5.92 Å². The molecule has 1 saturated heterocycles. The Hall–Kier alpha value is -1.40. The van der Waals surface area contributed by atoms with Gasteiger partial charge >= 0.3 is 0 Å². The van der Waals surface area contributed by atoms with Crippen LogP contribution in [0.15, 0.2) is 29.2 Å². The quantitative estimate of drug-likeness (QED) is 0.892. The molecule has 0 bridgehead atoms. The van der Waals surface area contributed by atoms with E-state index in [9.17, 15) is 13.2 Å². The number of carbonyl (C=O) groups is 1. The SMILES string of the molecule is C[C@H]1CCCC[C@@H]1NC(=O)c1ccc(S(=O)(=O)N2CCCCC2)cc1. The van der Waals surface area contributed by atoms with Crippen molar-refractivity contribution >= 4 is 15.9 Å². The first kappa shape index (κ1) is 18.4. The molecule has 0 radical (unpaired) electrons. The highest BCUT2D eigenvalue weighted by molar-refractivity contribution is 7.89. The van der Waals surface area contributed by atoms with Gasteiger partial charge in [-0.15, -0.1) is 0 Å². The lowest BCUT2D eigenvalue weighted by molar-refractivity contribution is 0.0910. The van der Waals surface area contributed by atoms with Crippen molar-refractivity contribution in [2.75, 3.05) is 13.1 Å². The topological polar surface area (TPSA) is 66.5 Å². The minimum absolute atomic E-state index is 0.110. The lowest BCUT2D eigenvalue weighted by Crippen LogP contribution is -2.41. The predicted molar refractivity (Wildman–Crippen MR) is 97.9 cm³/mol. The molecule has 1 aromatic rings. The van der Waals surface area contributed by atoms with Crippen LogP contribution in [-0.2, 0) is 10.0 Å². The summed E-state index contributed by atoms with van der Waals surface area (Å²) in [6, 6.07) is 6.59. The molecule has 3 rings (SSSR count). The molecular weight excluding hydrogens is 336 g/mol. The zero-order chi connectivity index (χ0) is 17.9. The molecule has 6 heteroatoms. The van der Waals surface area contributed by atoms with E-state index in [4.69, 9.17) is 0 Å². The van der Waals surface area contributed by atoms with Gasteiger partial charge in [0.2, 0.25) is 10.0 Å². The highest BCUT2D eigenvalue weighted by atomic mass is 32.2. The average Bonchev–Trinajstić information content (AvgIpc) is 2.64. The molecule has 0 unspecified atom stereocenters. The van der Waals surface area contributed by atoms with Gasteiger partial charge in [-0.2, -0.15) is 4.31 Å². The molecule has 1 saturated carbocycles. The Morgan fingerprint density at radius 2 is 1.64 bits per heavy atom. The van der Waals surface area contributed by atoms with E-state index in [1.54, 1.807) is 28.6 Å². The van der Waals surface area contributed by atoms with Gasteiger partial charge < -0.3 is 5.32 Å². The first-order chi connectivity index (χ1) is 12.0. The van der Waals surface area contributed by atoms with Crippen molar-refractivity contribution < 1.29 is 13.2 Å². The van der Waals surface area contributed by atoms with Gasteiger partial charge in [0.1, 0.15) is 0 Å². The molecular formula is C19H28N2O3S. The highest BCUT2D eigenvalue weighted by Crippen LogP contribution is 2.24. The van der Waals surface area contributed by atoms with E-state index in [-0.39, 0.29) is 16.8 Å². The van der Waals surface area contributed by atoms with Crippen LogP contribution in [0.3, 0.4) is 0 Å². The van der Waals surface area contributed by atoms with Crippen molar-refractivity contribution in [3.8, 4) is 0 Å². The smallest absolute Gasteiger partial charge is 0.251 e. The number of carbonyl (C=O) groups excluding carboxylic acids is 1. The first-order valence-electron chi connectivity index (χ1n) is 9.39. The Labute approximate surface area is 150 Å². The summed E-state index contributed by atoms with van der Waals surface area (Å²) < 4.78 is 26.9. The van der Waals surface area contributed by atoms with Gasteiger partial charge in [0.25, 0.3) is 5.91 Å². The van der Waals surface area contributed by atoms with Crippen molar-refractivity contribution in [1.82, 2.24) is 9.62 Å². The number of benzene rings is 1. The van der Waals surface area contributed by atoms with Crippen LogP contribution in [0.1, 0.15) is 62.2 Å². The van der Waals surface area contributed by atoms with Gasteiger partial charge in [0.05, 0.1) is 4.90 Å². The summed E-state index contributed by atoms with van der Waals surface area (Å²) in [6.07, 6.45) is 7.48. The van der Waals surface area contributed by atoms with Crippen LogP contribution in [0.2, 0.25) is 0 Å². The second kappa shape index (κ2) is 7.87. The van der Waals surface area contributed by atoms with Crippen LogP contribution in [0, 0.1) is 5.92 Å². The summed E-state index contributed by atoms with van der Waals surface area (Å²) >= 11 is 0. The van der Waals surface area contributed by atoms with E-state index < -0.39 is 10.0 Å². The van der Waals surface area contributed by atoms with Gasteiger partial charge in [-0.05, 0) is 55.9 Å². The number of sulfonamides is 1. The van der Waals surface area contributed by atoms with Crippen LogP contribution in [0.25, 0.3) is 0 Å². The van der Waals surface area contributed by atoms with Crippen LogP contribution < -0.4 is 5.32 Å². The van der Waals surface area contributed by atoms with E-state index in [1.807, 2.05) is 0 Å². The first-order valence-corrected chi connectivity index (χ1v) is 10.8. The predicted octanol–water partition coefficient (Wildman–Crippen LogP) is 3.17. The molecule has 2 fully saturated rings. The van der Waals surface area contributed by atoms with Crippen LogP contribution in [0.5, 0.6) is 0 Å². The maximum atomic E-state index is 12.7. The molecule has 138 valence electrons. The lowest BCUT2D eigenvalue weighted by atomic mass is 9.86. The largest absolute Gasteiger partial charge is 0.349 e.